The molecular formula is C18H21BrN2O5. The molecule has 26 heavy (non-hydrogen) atoms. The van der Waals surface area contributed by atoms with Crippen LogP contribution in [-0.4, -0.2) is 32.3 Å². The van der Waals surface area contributed by atoms with Gasteiger partial charge in [-0.3, -0.25) is 10.1 Å². The number of hydrogen-bond donors (Lipinski definition) is 1. The Hall–Kier alpha value is -2.16. The van der Waals surface area contributed by atoms with Crippen molar-refractivity contribution in [2.75, 3.05) is 27.4 Å². The zero-order valence-electron chi connectivity index (χ0n) is 14.7. The average molecular weight is 425 g/mol. The predicted octanol–water partition coefficient (Wildman–Crippen LogP) is 3.68. The summed E-state index contributed by atoms with van der Waals surface area (Å²) in [6, 6.07) is 10.0. The fourth-order valence-electron chi connectivity index (χ4n) is 2.32. The van der Waals surface area contributed by atoms with Crippen molar-refractivity contribution in [1.29, 1.82) is 0 Å². The Labute approximate surface area is 160 Å². The Morgan fingerprint density at radius 2 is 1.88 bits per heavy atom. The maximum atomic E-state index is 10.7. The van der Waals surface area contributed by atoms with E-state index in [1.165, 1.54) is 12.1 Å². The third kappa shape index (κ3) is 5.42. The number of nitrogens with one attached hydrogen (secondary N) is 1. The normalized spacial score (nSPS) is 10.6. The van der Waals surface area contributed by atoms with Gasteiger partial charge in [-0.05, 0) is 29.8 Å². The number of benzene rings is 2. The van der Waals surface area contributed by atoms with Gasteiger partial charge in [-0.15, -0.1) is 0 Å². The minimum atomic E-state index is -0.425. The molecule has 0 atom stereocenters. The number of nitrogens with zero attached hydrogens (tertiary/aromatic N) is 1. The number of non-ortho nitro benzene ring substituents is 1. The lowest BCUT2D eigenvalue weighted by atomic mass is 10.1. The highest BCUT2D eigenvalue weighted by molar-refractivity contribution is 9.10. The summed E-state index contributed by atoms with van der Waals surface area (Å²) in [6.45, 7) is 2.18. The van der Waals surface area contributed by atoms with Crippen LogP contribution in [0.2, 0.25) is 0 Å². The van der Waals surface area contributed by atoms with Crippen LogP contribution in [0.4, 0.5) is 5.69 Å². The summed E-state index contributed by atoms with van der Waals surface area (Å²) in [6.07, 6.45) is 0. The van der Waals surface area contributed by atoms with Gasteiger partial charge in [-0.25, -0.2) is 0 Å². The van der Waals surface area contributed by atoms with E-state index in [4.69, 9.17) is 14.2 Å². The number of nitro groups is 1. The van der Waals surface area contributed by atoms with Gasteiger partial charge in [0.05, 0.1) is 18.6 Å². The van der Waals surface area contributed by atoms with E-state index in [9.17, 15) is 10.1 Å². The fraction of sp³-hybridized carbons (Fsp3) is 0.333. The van der Waals surface area contributed by atoms with Crippen LogP contribution in [0.3, 0.4) is 0 Å². The molecule has 0 unspecified atom stereocenters. The molecule has 0 spiro atoms. The van der Waals surface area contributed by atoms with Gasteiger partial charge < -0.3 is 19.5 Å². The average Bonchev–Trinajstić information content (AvgIpc) is 2.65. The highest BCUT2D eigenvalue weighted by Crippen LogP contribution is 2.36. The second-order valence-corrected chi connectivity index (χ2v) is 6.29. The third-order valence-corrected chi connectivity index (χ3v) is 4.45. The lowest BCUT2D eigenvalue weighted by Crippen LogP contribution is -2.19. The van der Waals surface area contributed by atoms with E-state index in [0.29, 0.717) is 31.2 Å². The molecule has 2 aromatic rings. The van der Waals surface area contributed by atoms with Gasteiger partial charge in [0.1, 0.15) is 6.61 Å². The summed E-state index contributed by atoms with van der Waals surface area (Å²) >= 11 is 3.55. The molecule has 0 radical (unpaired) electrons. The molecule has 0 saturated heterocycles. The summed E-state index contributed by atoms with van der Waals surface area (Å²) in [7, 11) is 3.24. The molecule has 0 saturated carbocycles. The van der Waals surface area contributed by atoms with Gasteiger partial charge >= 0.3 is 0 Å². The fourth-order valence-corrected chi connectivity index (χ4v) is 2.78. The molecule has 0 aliphatic rings. The smallest absolute Gasteiger partial charge is 0.269 e. The molecule has 8 heteroatoms. The predicted molar refractivity (Wildman–Crippen MR) is 102 cm³/mol. The lowest BCUT2D eigenvalue weighted by molar-refractivity contribution is -0.384. The Kier molecular flexibility index (Phi) is 7.83. The molecular weight excluding hydrogens is 404 g/mol. The van der Waals surface area contributed by atoms with Gasteiger partial charge in [-0.1, -0.05) is 15.9 Å². The van der Waals surface area contributed by atoms with E-state index in [1.54, 1.807) is 26.4 Å². The van der Waals surface area contributed by atoms with Gasteiger partial charge in [0.2, 0.25) is 0 Å². The minimum absolute atomic E-state index is 0.0526. The highest BCUT2D eigenvalue weighted by atomic mass is 79.9. The Morgan fingerprint density at radius 1 is 1.15 bits per heavy atom. The Balaban J connectivity index is 2.15. The van der Waals surface area contributed by atoms with Crippen molar-refractivity contribution in [2.45, 2.75) is 13.2 Å². The number of nitro benzene ring substituents is 1. The van der Waals surface area contributed by atoms with Crippen LogP contribution >= 0.6 is 15.9 Å². The van der Waals surface area contributed by atoms with Crippen molar-refractivity contribution in [3.05, 3.63) is 62.1 Å². The quantitative estimate of drug-likeness (QED) is 0.355. The molecule has 0 fully saturated rings. The first-order valence-electron chi connectivity index (χ1n) is 7.98. The molecule has 1 N–H and O–H groups in total. The van der Waals surface area contributed by atoms with Crippen LogP contribution in [0.5, 0.6) is 11.5 Å². The van der Waals surface area contributed by atoms with Crippen molar-refractivity contribution in [2.24, 2.45) is 0 Å². The molecule has 0 bridgehead atoms. The van der Waals surface area contributed by atoms with Gasteiger partial charge in [-0.2, -0.15) is 0 Å². The summed E-state index contributed by atoms with van der Waals surface area (Å²) in [5.41, 5.74) is 1.81. The monoisotopic (exact) mass is 424 g/mol. The number of ether oxygens (including phenoxy) is 3. The lowest BCUT2D eigenvalue weighted by Gasteiger charge is -2.17. The topological polar surface area (TPSA) is 82.9 Å². The van der Waals surface area contributed by atoms with Crippen molar-refractivity contribution >= 4 is 21.6 Å². The molecule has 7 nitrogen and oxygen atoms in total. The summed E-state index contributed by atoms with van der Waals surface area (Å²) < 4.78 is 17.4. The second kappa shape index (κ2) is 10.1. The molecule has 0 aliphatic carbocycles. The zero-order valence-corrected chi connectivity index (χ0v) is 16.2. The second-order valence-electron chi connectivity index (χ2n) is 5.44. The zero-order chi connectivity index (χ0) is 18.9. The van der Waals surface area contributed by atoms with Gasteiger partial charge in [0.15, 0.2) is 11.5 Å². The van der Waals surface area contributed by atoms with Crippen LogP contribution < -0.4 is 14.8 Å². The Bertz CT molecular complexity index is 737. The first-order valence-corrected chi connectivity index (χ1v) is 8.77. The minimum Gasteiger partial charge on any atom is -0.493 e. The van der Waals surface area contributed by atoms with Gasteiger partial charge in [0.25, 0.3) is 5.69 Å². The number of hydrogen-bond acceptors (Lipinski definition) is 6. The van der Waals surface area contributed by atoms with E-state index in [1.807, 2.05) is 12.1 Å². The maximum absolute atomic E-state index is 10.7. The number of halogens is 1. The van der Waals surface area contributed by atoms with E-state index >= 15 is 0 Å². The number of methoxy groups -OCH3 is 2. The third-order valence-electron chi connectivity index (χ3n) is 3.70. The van der Waals surface area contributed by atoms with E-state index in [2.05, 4.69) is 21.2 Å². The van der Waals surface area contributed by atoms with E-state index < -0.39 is 4.92 Å². The van der Waals surface area contributed by atoms with Crippen LogP contribution in [0.15, 0.2) is 40.9 Å². The molecule has 0 aromatic heterocycles. The molecule has 140 valence electrons. The van der Waals surface area contributed by atoms with Crippen LogP contribution in [0, 0.1) is 10.1 Å². The van der Waals surface area contributed by atoms with Crippen molar-refractivity contribution in [1.82, 2.24) is 5.32 Å². The standard InChI is InChI=1S/C18H21BrN2O5/c1-24-10-9-20-11-15-16(19)7-8-17(25-2)18(15)26-12-13-3-5-14(6-4-13)21(22)23/h3-8,20H,9-12H2,1-2H3. The molecule has 0 amide bonds. The van der Waals surface area contributed by atoms with Crippen LogP contribution in [-0.2, 0) is 17.9 Å². The summed E-state index contributed by atoms with van der Waals surface area (Å²) in [5, 5.41) is 14.0. The summed E-state index contributed by atoms with van der Waals surface area (Å²) in [4.78, 5) is 10.3. The molecule has 0 heterocycles. The number of rotatable bonds is 10. The SMILES string of the molecule is COCCNCc1c(Br)ccc(OC)c1OCc1ccc([N+](=O)[O-])cc1. The maximum Gasteiger partial charge on any atom is 0.269 e. The van der Waals surface area contributed by atoms with E-state index in [0.717, 1.165) is 15.6 Å². The van der Waals surface area contributed by atoms with Crippen molar-refractivity contribution < 1.29 is 19.1 Å². The van der Waals surface area contributed by atoms with Crippen LogP contribution in [0.1, 0.15) is 11.1 Å². The van der Waals surface area contributed by atoms with Crippen molar-refractivity contribution in [3.8, 4) is 11.5 Å². The summed E-state index contributed by atoms with van der Waals surface area (Å²) in [5.74, 6) is 1.25. The van der Waals surface area contributed by atoms with Crippen molar-refractivity contribution in [3.63, 3.8) is 0 Å². The largest absolute Gasteiger partial charge is 0.493 e. The molecule has 0 aliphatic heterocycles. The van der Waals surface area contributed by atoms with Crippen LogP contribution in [0.25, 0.3) is 0 Å². The first kappa shape index (κ1) is 20.2. The Morgan fingerprint density at radius 3 is 2.50 bits per heavy atom. The molecule has 2 rings (SSSR count). The molecule has 2 aromatic carbocycles. The first-order chi connectivity index (χ1) is 12.6. The highest BCUT2D eigenvalue weighted by Gasteiger charge is 2.15. The van der Waals surface area contributed by atoms with E-state index in [-0.39, 0.29) is 12.3 Å². The van der Waals surface area contributed by atoms with Gasteiger partial charge in [0, 0.05) is 42.4 Å².